The summed E-state index contributed by atoms with van der Waals surface area (Å²) in [5.74, 6) is -1.05. The highest BCUT2D eigenvalue weighted by Crippen LogP contribution is 2.13. The van der Waals surface area contributed by atoms with E-state index < -0.39 is 6.10 Å². The Bertz CT molecular complexity index is 1640. The van der Waals surface area contributed by atoms with Crippen LogP contribution in [0.3, 0.4) is 0 Å². The van der Waals surface area contributed by atoms with E-state index in [1.165, 1.54) is 83.5 Å². The van der Waals surface area contributed by atoms with Crippen molar-refractivity contribution in [3.05, 3.63) is 146 Å². The standard InChI is InChI=1S/C68H108O6/c1-4-7-10-13-16-19-22-25-28-31-34-37-40-43-46-49-52-55-58-61-67(70)73-64-65(63-72-66(69)60-57-54-51-48-45-42-39-36-33-30-27-24-21-18-15-12-9-6-3)74-68(71)62-59-56-53-50-47-44-41-38-35-32-29-26-23-20-17-14-11-8-5-2/h7-8,10-11,16-17,19-20,25-26,28-30,33-35,37-38,43-44,46-47,52,55,65H,4-6,9,12-15,18,21-24,27,31-32,36,39-42,45,48-51,53-54,56-64H2,1-3H3/b10-7-,11-8-,19-16-,20-17-,28-25-,29-26-,33-30-,37-34-,38-35-,46-43-,47-44-,55-52-. The second-order valence-electron chi connectivity index (χ2n) is 19.1. The molecule has 0 heterocycles. The van der Waals surface area contributed by atoms with Gasteiger partial charge < -0.3 is 14.2 Å². The molecule has 0 aliphatic carbocycles. The Labute approximate surface area is 455 Å². The van der Waals surface area contributed by atoms with Crippen molar-refractivity contribution in [1.29, 1.82) is 0 Å². The number of esters is 3. The summed E-state index contributed by atoms with van der Waals surface area (Å²) in [6, 6.07) is 0. The van der Waals surface area contributed by atoms with Crippen LogP contribution in [-0.4, -0.2) is 37.2 Å². The van der Waals surface area contributed by atoms with Crippen molar-refractivity contribution in [2.75, 3.05) is 13.2 Å². The van der Waals surface area contributed by atoms with Crippen LogP contribution in [0.5, 0.6) is 0 Å². The number of carbonyl (C=O) groups is 3. The maximum atomic E-state index is 12.9. The summed E-state index contributed by atoms with van der Waals surface area (Å²) >= 11 is 0. The fourth-order valence-corrected chi connectivity index (χ4v) is 7.67. The molecular formula is C68H108O6. The fraction of sp³-hybridized carbons (Fsp3) is 0.603. The molecule has 0 amide bonds. The molecule has 6 heteroatoms. The van der Waals surface area contributed by atoms with Gasteiger partial charge in [0.2, 0.25) is 0 Å². The van der Waals surface area contributed by atoms with Crippen molar-refractivity contribution in [3.63, 3.8) is 0 Å². The summed E-state index contributed by atoms with van der Waals surface area (Å²) in [6.45, 7) is 6.31. The molecule has 0 aliphatic rings. The van der Waals surface area contributed by atoms with Crippen LogP contribution in [0.4, 0.5) is 0 Å². The molecule has 0 aliphatic heterocycles. The van der Waals surface area contributed by atoms with Crippen LogP contribution in [0.1, 0.15) is 245 Å². The third kappa shape index (κ3) is 58.2. The van der Waals surface area contributed by atoms with Crippen molar-refractivity contribution < 1.29 is 28.6 Å². The van der Waals surface area contributed by atoms with Gasteiger partial charge in [-0.2, -0.15) is 0 Å². The van der Waals surface area contributed by atoms with E-state index in [1.807, 2.05) is 12.2 Å². The maximum absolute atomic E-state index is 12.9. The van der Waals surface area contributed by atoms with Gasteiger partial charge in [-0.15, -0.1) is 0 Å². The number of carbonyl (C=O) groups excluding carboxylic acids is 3. The minimum Gasteiger partial charge on any atom is -0.462 e. The Morgan fingerprint density at radius 1 is 0.284 bits per heavy atom. The molecule has 74 heavy (non-hydrogen) atoms. The molecular weight excluding hydrogens is 913 g/mol. The highest BCUT2D eigenvalue weighted by Gasteiger charge is 2.19. The number of hydrogen-bond acceptors (Lipinski definition) is 6. The normalized spacial score (nSPS) is 13.2. The molecule has 0 radical (unpaired) electrons. The van der Waals surface area contributed by atoms with Gasteiger partial charge >= 0.3 is 17.9 Å². The van der Waals surface area contributed by atoms with Crippen LogP contribution in [-0.2, 0) is 28.6 Å². The minimum atomic E-state index is -0.835. The van der Waals surface area contributed by atoms with Gasteiger partial charge in [0.25, 0.3) is 0 Å². The van der Waals surface area contributed by atoms with E-state index in [1.54, 1.807) is 0 Å². The molecule has 0 aromatic heterocycles. The number of unbranched alkanes of at least 4 members (excludes halogenated alkanes) is 17. The average Bonchev–Trinajstić information content (AvgIpc) is 3.40. The van der Waals surface area contributed by atoms with Crippen molar-refractivity contribution in [2.24, 2.45) is 0 Å². The van der Waals surface area contributed by atoms with Crippen molar-refractivity contribution >= 4 is 17.9 Å². The zero-order chi connectivity index (χ0) is 53.6. The van der Waals surface area contributed by atoms with Gasteiger partial charge in [0.05, 0.1) is 0 Å². The Morgan fingerprint density at radius 3 is 0.932 bits per heavy atom. The monoisotopic (exact) mass is 1020 g/mol. The third-order valence-corrected chi connectivity index (χ3v) is 12.1. The van der Waals surface area contributed by atoms with Crippen molar-refractivity contribution in [3.8, 4) is 0 Å². The zero-order valence-corrected chi connectivity index (χ0v) is 47.5. The van der Waals surface area contributed by atoms with Crippen LogP contribution in [0.25, 0.3) is 0 Å². The van der Waals surface area contributed by atoms with Crippen molar-refractivity contribution in [2.45, 2.75) is 252 Å². The molecule has 6 nitrogen and oxygen atoms in total. The van der Waals surface area contributed by atoms with Crippen LogP contribution in [0.15, 0.2) is 146 Å². The first kappa shape index (κ1) is 69.3. The topological polar surface area (TPSA) is 78.9 Å². The molecule has 0 aromatic carbocycles. The fourth-order valence-electron chi connectivity index (χ4n) is 7.67. The summed E-state index contributed by atoms with van der Waals surface area (Å²) in [5.41, 5.74) is 0. The van der Waals surface area contributed by atoms with E-state index >= 15 is 0 Å². The molecule has 1 unspecified atom stereocenters. The number of hydrogen-bond donors (Lipinski definition) is 0. The molecule has 0 rings (SSSR count). The quantitative estimate of drug-likeness (QED) is 0.0261. The minimum absolute atomic E-state index is 0.122. The van der Waals surface area contributed by atoms with Gasteiger partial charge in [0.1, 0.15) is 13.2 Å². The lowest BCUT2D eigenvalue weighted by Crippen LogP contribution is -2.30. The molecule has 0 aromatic rings. The van der Waals surface area contributed by atoms with Crippen LogP contribution in [0.2, 0.25) is 0 Å². The number of ether oxygens (including phenoxy) is 3. The zero-order valence-electron chi connectivity index (χ0n) is 47.5. The average molecular weight is 1020 g/mol. The summed E-state index contributed by atoms with van der Waals surface area (Å²) in [6.07, 6.45) is 87.1. The summed E-state index contributed by atoms with van der Waals surface area (Å²) in [7, 11) is 0. The van der Waals surface area contributed by atoms with Crippen LogP contribution < -0.4 is 0 Å². The first-order valence-electron chi connectivity index (χ1n) is 29.8. The van der Waals surface area contributed by atoms with E-state index in [4.69, 9.17) is 14.2 Å². The largest absolute Gasteiger partial charge is 0.462 e. The third-order valence-electron chi connectivity index (χ3n) is 12.1. The van der Waals surface area contributed by atoms with Gasteiger partial charge in [-0.05, 0) is 128 Å². The van der Waals surface area contributed by atoms with E-state index in [2.05, 4.69) is 154 Å². The summed E-state index contributed by atoms with van der Waals surface area (Å²) < 4.78 is 16.8. The lowest BCUT2D eigenvalue weighted by Gasteiger charge is -2.18. The number of rotatable bonds is 52. The predicted molar refractivity (Wildman–Crippen MR) is 320 cm³/mol. The summed E-state index contributed by atoms with van der Waals surface area (Å²) in [4.78, 5) is 38.2. The maximum Gasteiger partial charge on any atom is 0.306 e. The van der Waals surface area contributed by atoms with Crippen molar-refractivity contribution in [1.82, 2.24) is 0 Å². The Hall–Kier alpha value is -4.71. The SMILES string of the molecule is CC/C=C\C/C=C\C/C=C\C/C=C\C/C=C\C/C=C\CCC(=O)OCC(COC(=O)CCCCCCCCC/C=C\CCCCCCCCC)OC(=O)CCCCC/C=C\C/C=C\C/C=C\C/C=C\C/C=C\CC. The summed E-state index contributed by atoms with van der Waals surface area (Å²) in [5, 5.41) is 0. The first-order valence-corrected chi connectivity index (χ1v) is 29.8. The van der Waals surface area contributed by atoms with Crippen LogP contribution in [0, 0.1) is 0 Å². The first-order chi connectivity index (χ1) is 36.5. The highest BCUT2D eigenvalue weighted by atomic mass is 16.6. The molecule has 0 bridgehead atoms. The van der Waals surface area contributed by atoms with E-state index in [0.29, 0.717) is 19.3 Å². The Morgan fingerprint density at radius 2 is 0.554 bits per heavy atom. The molecule has 0 spiro atoms. The molecule has 0 saturated heterocycles. The van der Waals surface area contributed by atoms with Gasteiger partial charge in [-0.3, -0.25) is 14.4 Å². The molecule has 416 valence electrons. The smallest absolute Gasteiger partial charge is 0.306 e. The molecule has 1 atom stereocenters. The lowest BCUT2D eigenvalue weighted by molar-refractivity contribution is -0.166. The van der Waals surface area contributed by atoms with Gasteiger partial charge in [0.15, 0.2) is 6.10 Å². The molecule has 0 N–H and O–H groups in total. The molecule has 0 saturated carbocycles. The second-order valence-corrected chi connectivity index (χ2v) is 19.1. The Kier molecular flexibility index (Phi) is 57.0. The van der Waals surface area contributed by atoms with E-state index in [-0.39, 0.29) is 44.0 Å². The molecule has 0 fully saturated rings. The van der Waals surface area contributed by atoms with Gasteiger partial charge in [0, 0.05) is 19.3 Å². The lowest BCUT2D eigenvalue weighted by atomic mass is 10.1. The second kappa shape index (κ2) is 60.8. The predicted octanol–water partition coefficient (Wildman–Crippen LogP) is 20.4. The van der Waals surface area contributed by atoms with Gasteiger partial charge in [-0.1, -0.05) is 244 Å². The highest BCUT2D eigenvalue weighted by molar-refractivity contribution is 5.71. The Balaban J connectivity index is 4.59. The van der Waals surface area contributed by atoms with E-state index in [9.17, 15) is 14.4 Å². The van der Waals surface area contributed by atoms with E-state index in [0.717, 1.165) is 109 Å². The van der Waals surface area contributed by atoms with Crippen LogP contribution >= 0.6 is 0 Å². The van der Waals surface area contributed by atoms with Gasteiger partial charge in [-0.25, -0.2) is 0 Å². The number of allylic oxidation sites excluding steroid dienone is 24.